The number of benzene rings is 2. The molecule has 0 saturated carbocycles. The van der Waals surface area contributed by atoms with Gasteiger partial charge >= 0.3 is 0 Å². The number of aryl methyl sites for hydroxylation is 3. The summed E-state index contributed by atoms with van der Waals surface area (Å²) in [6.07, 6.45) is 1.69. The van der Waals surface area contributed by atoms with Crippen LogP contribution in [0.4, 0.5) is 11.4 Å². The Labute approximate surface area is 154 Å². The van der Waals surface area contributed by atoms with E-state index < -0.39 is 0 Å². The van der Waals surface area contributed by atoms with Gasteiger partial charge in [0.05, 0.1) is 11.9 Å². The molecule has 1 amide bonds. The highest BCUT2D eigenvalue weighted by Crippen LogP contribution is 2.15. The minimum absolute atomic E-state index is 0.208. The van der Waals surface area contributed by atoms with Gasteiger partial charge in [-0.3, -0.25) is 4.79 Å². The predicted molar refractivity (Wildman–Crippen MR) is 107 cm³/mol. The van der Waals surface area contributed by atoms with E-state index in [0.717, 1.165) is 29.0 Å². The number of carbonyl (C=O) groups is 1. The molecule has 0 aliphatic carbocycles. The maximum absolute atomic E-state index is 12.4. The first-order chi connectivity index (χ1) is 12.5. The molecule has 0 radical (unpaired) electrons. The van der Waals surface area contributed by atoms with Crippen LogP contribution in [-0.4, -0.2) is 10.9 Å². The summed E-state index contributed by atoms with van der Waals surface area (Å²) in [5, 5.41) is 6.22. The van der Waals surface area contributed by atoms with Crippen molar-refractivity contribution in [3.8, 4) is 0 Å². The fourth-order valence-corrected chi connectivity index (χ4v) is 2.78. The monoisotopic (exact) mass is 345 g/mol. The highest BCUT2D eigenvalue weighted by atomic mass is 16.1. The third-order valence-corrected chi connectivity index (χ3v) is 4.09. The molecule has 0 aliphatic heterocycles. The van der Waals surface area contributed by atoms with E-state index in [-0.39, 0.29) is 5.91 Å². The van der Waals surface area contributed by atoms with Gasteiger partial charge in [0.15, 0.2) is 0 Å². The van der Waals surface area contributed by atoms with Crippen molar-refractivity contribution in [3.05, 3.63) is 88.7 Å². The van der Waals surface area contributed by atoms with Gasteiger partial charge in [-0.2, -0.15) is 0 Å². The second kappa shape index (κ2) is 7.83. The molecule has 3 rings (SSSR count). The summed E-state index contributed by atoms with van der Waals surface area (Å²) in [6.45, 7) is 6.81. The molecule has 0 bridgehead atoms. The lowest BCUT2D eigenvalue weighted by Gasteiger charge is -2.09. The quantitative estimate of drug-likeness (QED) is 0.693. The van der Waals surface area contributed by atoms with Gasteiger partial charge in [-0.25, -0.2) is 4.98 Å². The molecule has 0 spiro atoms. The van der Waals surface area contributed by atoms with Crippen LogP contribution in [-0.2, 0) is 6.54 Å². The van der Waals surface area contributed by atoms with Gasteiger partial charge < -0.3 is 10.6 Å². The van der Waals surface area contributed by atoms with E-state index in [1.165, 1.54) is 11.1 Å². The van der Waals surface area contributed by atoms with Gasteiger partial charge in [0.2, 0.25) is 0 Å². The average Bonchev–Trinajstić information content (AvgIpc) is 2.61. The lowest BCUT2D eigenvalue weighted by molar-refractivity contribution is 0.102. The van der Waals surface area contributed by atoms with Gasteiger partial charge in [-0.05, 0) is 61.7 Å². The molecule has 26 heavy (non-hydrogen) atoms. The fourth-order valence-electron chi connectivity index (χ4n) is 2.78. The van der Waals surface area contributed by atoms with Gasteiger partial charge in [0, 0.05) is 12.2 Å². The number of hydrogen-bond acceptors (Lipinski definition) is 3. The average molecular weight is 345 g/mol. The Bertz CT molecular complexity index is 879. The smallest absolute Gasteiger partial charge is 0.274 e. The van der Waals surface area contributed by atoms with Crippen molar-refractivity contribution < 1.29 is 4.79 Å². The largest absolute Gasteiger partial charge is 0.380 e. The van der Waals surface area contributed by atoms with E-state index in [2.05, 4.69) is 52.9 Å². The highest BCUT2D eigenvalue weighted by molar-refractivity contribution is 6.03. The molecule has 0 unspecified atom stereocenters. The van der Waals surface area contributed by atoms with E-state index in [1.807, 2.05) is 32.0 Å². The normalized spacial score (nSPS) is 10.4. The maximum Gasteiger partial charge on any atom is 0.274 e. The lowest BCUT2D eigenvalue weighted by atomic mass is 10.1. The zero-order valence-electron chi connectivity index (χ0n) is 15.3. The molecular weight excluding hydrogens is 322 g/mol. The van der Waals surface area contributed by atoms with Crippen LogP contribution < -0.4 is 10.6 Å². The molecule has 1 heterocycles. The van der Waals surface area contributed by atoms with E-state index in [0.29, 0.717) is 5.69 Å². The first-order valence-electron chi connectivity index (χ1n) is 8.65. The van der Waals surface area contributed by atoms with Gasteiger partial charge in [-0.1, -0.05) is 35.9 Å². The van der Waals surface area contributed by atoms with Gasteiger partial charge in [0.1, 0.15) is 5.69 Å². The Morgan fingerprint density at radius 1 is 0.846 bits per heavy atom. The van der Waals surface area contributed by atoms with E-state index in [1.54, 1.807) is 12.3 Å². The summed E-state index contributed by atoms with van der Waals surface area (Å²) >= 11 is 0. The van der Waals surface area contributed by atoms with Crippen LogP contribution in [0.1, 0.15) is 32.7 Å². The van der Waals surface area contributed by atoms with E-state index in [4.69, 9.17) is 0 Å². The topological polar surface area (TPSA) is 54.0 Å². The van der Waals surface area contributed by atoms with Crippen molar-refractivity contribution in [3.63, 3.8) is 0 Å². The van der Waals surface area contributed by atoms with Crippen LogP contribution in [0.25, 0.3) is 0 Å². The molecule has 0 atom stereocenters. The maximum atomic E-state index is 12.4. The third-order valence-electron chi connectivity index (χ3n) is 4.09. The van der Waals surface area contributed by atoms with Crippen molar-refractivity contribution in [1.82, 2.24) is 4.98 Å². The van der Waals surface area contributed by atoms with Crippen molar-refractivity contribution in [1.29, 1.82) is 0 Å². The number of anilines is 2. The van der Waals surface area contributed by atoms with Crippen molar-refractivity contribution in [2.45, 2.75) is 27.3 Å². The van der Waals surface area contributed by atoms with Crippen LogP contribution in [0.5, 0.6) is 0 Å². The molecule has 3 aromatic rings. The molecule has 1 aromatic heterocycles. The molecule has 2 N–H and O–H groups in total. The summed E-state index contributed by atoms with van der Waals surface area (Å²) in [6, 6.07) is 18.0. The van der Waals surface area contributed by atoms with Crippen molar-refractivity contribution in [2.75, 3.05) is 10.6 Å². The SMILES string of the molecule is Cc1ccc(CNc2ccc(C(=O)Nc3cc(C)cc(C)c3)nc2)cc1. The molecule has 132 valence electrons. The van der Waals surface area contributed by atoms with E-state index in [9.17, 15) is 4.79 Å². The minimum atomic E-state index is -0.208. The van der Waals surface area contributed by atoms with Crippen LogP contribution in [0.3, 0.4) is 0 Å². The lowest BCUT2D eigenvalue weighted by Crippen LogP contribution is -2.14. The highest BCUT2D eigenvalue weighted by Gasteiger charge is 2.08. The molecule has 4 nitrogen and oxygen atoms in total. The van der Waals surface area contributed by atoms with Crippen LogP contribution in [0.2, 0.25) is 0 Å². The van der Waals surface area contributed by atoms with Gasteiger partial charge in [-0.15, -0.1) is 0 Å². The Kier molecular flexibility index (Phi) is 5.32. The number of carbonyl (C=O) groups excluding carboxylic acids is 1. The Morgan fingerprint density at radius 2 is 1.54 bits per heavy atom. The second-order valence-corrected chi connectivity index (χ2v) is 6.60. The summed E-state index contributed by atoms with van der Waals surface area (Å²) in [5.41, 5.74) is 6.74. The fraction of sp³-hybridized carbons (Fsp3) is 0.182. The van der Waals surface area contributed by atoms with Crippen LogP contribution >= 0.6 is 0 Å². The number of nitrogens with zero attached hydrogens (tertiary/aromatic N) is 1. The van der Waals surface area contributed by atoms with Gasteiger partial charge in [0.25, 0.3) is 5.91 Å². The second-order valence-electron chi connectivity index (χ2n) is 6.60. The molecule has 0 aliphatic rings. The molecular formula is C22H23N3O. The van der Waals surface area contributed by atoms with E-state index >= 15 is 0 Å². The number of pyridine rings is 1. The molecule has 0 saturated heterocycles. The number of aromatic nitrogens is 1. The zero-order chi connectivity index (χ0) is 18.5. The number of amides is 1. The molecule has 0 fully saturated rings. The van der Waals surface area contributed by atoms with Crippen LogP contribution in [0.15, 0.2) is 60.8 Å². The first kappa shape index (κ1) is 17.7. The zero-order valence-corrected chi connectivity index (χ0v) is 15.3. The summed E-state index contributed by atoms with van der Waals surface area (Å²) in [5.74, 6) is -0.208. The molecule has 2 aromatic carbocycles. The Morgan fingerprint density at radius 3 is 2.15 bits per heavy atom. The Balaban J connectivity index is 1.61. The van der Waals surface area contributed by atoms with Crippen molar-refractivity contribution in [2.24, 2.45) is 0 Å². The van der Waals surface area contributed by atoms with Crippen molar-refractivity contribution >= 4 is 17.3 Å². The predicted octanol–water partition coefficient (Wildman–Crippen LogP) is 4.87. The summed E-state index contributed by atoms with van der Waals surface area (Å²) in [7, 11) is 0. The Hall–Kier alpha value is -3.14. The van der Waals surface area contributed by atoms with Crippen LogP contribution in [0, 0.1) is 20.8 Å². The first-order valence-corrected chi connectivity index (χ1v) is 8.65. The summed E-state index contributed by atoms with van der Waals surface area (Å²) in [4.78, 5) is 16.6. The minimum Gasteiger partial charge on any atom is -0.380 e. The number of nitrogens with one attached hydrogen (secondary N) is 2. The molecule has 4 heteroatoms. The number of hydrogen-bond donors (Lipinski definition) is 2. The summed E-state index contributed by atoms with van der Waals surface area (Å²) < 4.78 is 0. The number of rotatable bonds is 5. The third kappa shape index (κ3) is 4.70. The standard InChI is InChI=1S/C22H23N3O/c1-15-4-6-18(7-5-15)13-23-19-8-9-21(24-14-19)22(26)25-20-11-16(2)10-17(3)12-20/h4-12,14,23H,13H2,1-3H3,(H,25,26).